The van der Waals surface area contributed by atoms with Crippen molar-refractivity contribution >= 4 is 27.4 Å². The molecule has 0 aliphatic carbocycles. The van der Waals surface area contributed by atoms with Crippen LogP contribution in [0.1, 0.15) is 12.8 Å². The number of carbonyl (C=O) groups is 1. The van der Waals surface area contributed by atoms with Gasteiger partial charge in [-0.05, 0) is 43.0 Å². The maximum atomic E-state index is 12.5. The molecule has 11 heteroatoms. The molecule has 0 radical (unpaired) electrons. The number of nitro benzene ring substituents is 1. The molecule has 0 spiro atoms. The molecule has 0 atom stereocenters. The average molecular weight is 449 g/mol. The van der Waals surface area contributed by atoms with E-state index in [0.29, 0.717) is 37.4 Å². The van der Waals surface area contributed by atoms with Gasteiger partial charge in [-0.15, -0.1) is 0 Å². The van der Waals surface area contributed by atoms with Gasteiger partial charge < -0.3 is 15.0 Å². The van der Waals surface area contributed by atoms with Crippen LogP contribution in [-0.4, -0.2) is 51.0 Å². The molecular weight excluding hydrogens is 424 g/mol. The van der Waals surface area contributed by atoms with Gasteiger partial charge in [0.2, 0.25) is 10.0 Å². The Balaban J connectivity index is 1.49. The Bertz CT molecular complexity index is 1030. The highest BCUT2D eigenvalue weighted by Crippen LogP contribution is 2.25. The summed E-state index contributed by atoms with van der Waals surface area (Å²) < 4.78 is 32.6. The van der Waals surface area contributed by atoms with E-state index in [1.165, 1.54) is 19.2 Å². The Morgan fingerprint density at radius 2 is 1.81 bits per heavy atom. The number of amides is 2. The summed E-state index contributed by atoms with van der Waals surface area (Å²) in [6.45, 7) is 1.25. The molecule has 1 saturated heterocycles. The summed E-state index contributed by atoms with van der Waals surface area (Å²) in [4.78, 5) is 24.3. The van der Waals surface area contributed by atoms with E-state index in [-0.39, 0.29) is 29.1 Å². The summed E-state index contributed by atoms with van der Waals surface area (Å²) in [5.41, 5.74) is 0.422. The number of nitro groups is 1. The van der Waals surface area contributed by atoms with Crippen molar-refractivity contribution in [2.75, 3.05) is 32.1 Å². The van der Waals surface area contributed by atoms with Crippen molar-refractivity contribution in [2.45, 2.75) is 17.7 Å². The number of para-hydroxylation sites is 2. The van der Waals surface area contributed by atoms with Crippen LogP contribution in [0.3, 0.4) is 0 Å². The lowest BCUT2D eigenvalue weighted by atomic mass is 9.97. The molecule has 0 aromatic heterocycles. The minimum Gasteiger partial charge on any atom is -0.495 e. The van der Waals surface area contributed by atoms with Gasteiger partial charge in [0.05, 0.1) is 22.6 Å². The van der Waals surface area contributed by atoms with Crippen LogP contribution in [0, 0.1) is 16.0 Å². The fourth-order valence-electron chi connectivity index (χ4n) is 3.34. The molecule has 1 aliphatic rings. The van der Waals surface area contributed by atoms with Crippen LogP contribution in [0.2, 0.25) is 0 Å². The van der Waals surface area contributed by atoms with Crippen molar-refractivity contribution in [3.8, 4) is 5.75 Å². The number of methoxy groups -OCH3 is 1. The summed E-state index contributed by atoms with van der Waals surface area (Å²) in [6.07, 6.45) is 1.31. The van der Waals surface area contributed by atoms with Gasteiger partial charge in [0.1, 0.15) is 5.75 Å². The van der Waals surface area contributed by atoms with E-state index in [9.17, 15) is 23.3 Å². The van der Waals surface area contributed by atoms with Gasteiger partial charge in [0, 0.05) is 31.8 Å². The fraction of sp³-hybridized carbons (Fsp3) is 0.350. The zero-order chi connectivity index (χ0) is 22.4. The molecular formula is C20H24N4O6S. The second-order valence-electron chi connectivity index (χ2n) is 7.16. The van der Waals surface area contributed by atoms with Gasteiger partial charge >= 0.3 is 6.03 Å². The Labute approximate surface area is 180 Å². The van der Waals surface area contributed by atoms with Gasteiger partial charge in [-0.25, -0.2) is 17.9 Å². The Hall–Kier alpha value is -3.18. The number of nitrogens with zero attached hydrogens (tertiary/aromatic N) is 2. The number of urea groups is 1. The van der Waals surface area contributed by atoms with Gasteiger partial charge in [0.15, 0.2) is 0 Å². The number of non-ortho nitro benzene ring substituents is 1. The smallest absolute Gasteiger partial charge is 0.321 e. The zero-order valence-corrected chi connectivity index (χ0v) is 17.8. The Morgan fingerprint density at radius 1 is 1.16 bits per heavy atom. The SMILES string of the molecule is COc1ccccc1NC(=O)N1CCC(CNS(=O)(=O)c2ccc([N+](=O)[O-])cc2)CC1. The molecule has 166 valence electrons. The van der Waals surface area contributed by atoms with E-state index >= 15 is 0 Å². The van der Waals surface area contributed by atoms with E-state index in [1.807, 2.05) is 6.07 Å². The number of hydrogen-bond acceptors (Lipinski definition) is 6. The molecule has 2 N–H and O–H groups in total. The molecule has 1 heterocycles. The van der Waals surface area contributed by atoms with Crippen LogP contribution in [0.25, 0.3) is 0 Å². The molecule has 10 nitrogen and oxygen atoms in total. The van der Waals surface area contributed by atoms with Crippen molar-refractivity contribution in [2.24, 2.45) is 5.92 Å². The molecule has 0 bridgehead atoms. The first kappa shape index (κ1) is 22.5. The zero-order valence-electron chi connectivity index (χ0n) is 17.0. The number of anilines is 1. The first-order valence-electron chi connectivity index (χ1n) is 9.73. The van der Waals surface area contributed by atoms with Crippen molar-refractivity contribution in [1.29, 1.82) is 0 Å². The van der Waals surface area contributed by atoms with Crippen LogP contribution in [0.4, 0.5) is 16.2 Å². The van der Waals surface area contributed by atoms with E-state index < -0.39 is 14.9 Å². The predicted molar refractivity (Wildman–Crippen MR) is 115 cm³/mol. The third-order valence-electron chi connectivity index (χ3n) is 5.17. The van der Waals surface area contributed by atoms with Gasteiger partial charge in [0.25, 0.3) is 5.69 Å². The molecule has 3 rings (SSSR count). The van der Waals surface area contributed by atoms with Crippen molar-refractivity contribution in [3.05, 3.63) is 58.6 Å². The number of sulfonamides is 1. The van der Waals surface area contributed by atoms with Crippen LogP contribution in [-0.2, 0) is 10.0 Å². The highest BCUT2D eigenvalue weighted by Gasteiger charge is 2.25. The van der Waals surface area contributed by atoms with Crippen molar-refractivity contribution in [3.63, 3.8) is 0 Å². The van der Waals surface area contributed by atoms with Crippen LogP contribution < -0.4 is 14.8 Å². The maximum absolute atomic E-state index is 12.5. The minimum atomic E-state index is -3.76. The average Bonchev–Trinajstić information content (AvgIpc) is 2.78. The standard InChI is InChI=1S/C20H24N4O6S/c1-30-19-5-3-2-4-18(19)22-20(25)23-12-10-15(11-13-23)14-21-31(28,29)17-8-6-16(7-9-17)24(26)27/h2-9,15,21H,10-14H2,1H3,(H,22,25). The fourth-order valence-corrected chi connectivity index (χ4v) is 4.46. The molecule has 1 aliphatic heterocycles. The molecule has 2 aromatic rings. The normalized spacial score (nSPS) is 14.8. The number of carbonyl (C=O) groups excluding carboxylic acids is 1. The summed E-state index contributed by atoms with van der Waals surface area (Å²) in [5.74, 6) is 0.662. The topological polar surface area (TPSA) is 131 Å². The molecule has 1 fully saturated rings. The van der Waals surface area contributed by atoms with Gasteiger partial charge in [-0.2, -0.15) is 0 Å². The predicted octanol–water partition coefficient (Wildman–Crippen LogP) is 2.83. The lowest BCUT2D eigenvalue weighted by Gasteiger charge is -2.32. The number of ether oxygens (including phenoxy) is 1. The first-order chi connectivity index (χ1) is 14.8. The molecule has 0 saturated carbocycles. The third kappa shape index (κ3) is 5.70. The Morgan fingerprint density at radius 3 is 2.42 bits per heavy atom. The minimum absolute atomic E-state index is 0.0216. The van der Waals surface area contributed by atoms with Crippen molar-refractivity contribution in [1.82, 2.24) is 9.62 Å². The number of piperidine rings is 1. The maximum Gasteiger partial charge on any atom is 0.321 e. The first-order valence-corrected chi connectivity index (χ1v) is 11.2. The summed E-state index contributed by atoms with van der Waals surface area (Å²) in [5, 5.41) is 13.5. The van der Waals surface area contributed by atoms with Crippen LogP contribution in [0.15, 0.2) is 53.4 Å². The molecule has 0 unspecified atom stereocenters. The van der Waals surface area contributed by atoms with E-state index in [2.05, 4.69) is 10.0 Å². The summed E-state index contributed by atoms with van der Waals surface area (Å²) in [6, 6.07) is 11.7. The highest BCUT2D eigenvalue weighted by molar-refractivity contribution is 7.89. The van der Waals surface area contributed by atoms with E-state index in [4.69, 9.17) is 4.74 Å². The number of likely N-dealkylation sites (tertiary alicyclic amines) is 1. The molecule has 31 heavy (non-hydrogen) atoms. The number of benzene rings is 2. The lowest BCUT2D eigenvalue weighted by molar-refractivity contribution is -0.384. The lowest BCUT2D eigenvalue weighted by Crippen LogP contribution is -2.43. The van der Waals surface area contributed by atoms with Crippen LogP contribution in [0.5, 0.6) is 5.75 Å². The highest BCUT2D eigenvalue weighted by atomic mass is 32.2. The van der Waals surface area contributed by atoms with E-state index in [0.717, 1.165) is 12.1 Å². The van der Waals surface area contributed by atoms with Gasteiger partial charge in [-0.1, -0.05) is 12.1 Å². The Kier molecular flexibility index (Phi) is 7.08. The third-order valence-corrected chi connectivity index (χ3v) is 6.61. The molecule has 2 amide bonds. The summed E-state index contributed by atoms with van der Waals surface area (Å²) in [7, 11) is -2.22. The quantitative estimate of drug-likeness (QED) is 0.495. The second kappa shape index (κ2) is 9.75. The monoisotopic (exact) mass is 448 g/mol. The number of hydrogen-bond donors (Lipinski definition) is 2. The number of rotatable bonds is 7. The van der Waals surface area contributed by atoms with E-state index in [1.54, 1.807) is 23.1 Å². The van der Waals surface area contributed by atoms with Gasteiger partial charge in [-0.3, -0.25) is 10.1 Å². The second-order valence-corrected chi connectivity index (χ2v) is 8.93. The summed E-state index contributed by atoms with van der Waals surface area (Å²) >= 11 is 0. The van der Waals surface area contributed by atoms with Crippen molar-refractivity contribution < 1.29 is 22.9 Å². The largest absolute Gasteiger partial charge is 0.495 e. The number of nitrogens with one attached hydrogen (secondary N) is 2. The van der Waals surface area contributed by atoms with Crippen LogP contribution >= 0.6 is 0 Å². The molecule has 2 aromatic carbocycles.